The van der Waals surface area contributed by atoms with Crippen LogP contribution in [-0.2, 0) is 16.4 Å². The first-order valence-electron chi connectivity index (χ1n) is 11.4. The third-order valence-corrected chi connectivity index (χ3v) is 6.76. The number of anilines is 2. The van der Waals surface area contributed by atoms with Gasteiger partial charge in [0, 0.05) is 6.54 Å². The van der Waals surface area contributed by atoms with Gasteiger partial charge in [0.25, 0.3) is 10.0 Å². The lowest BCUT2D eigenvalue weighted by atomic mass is 10.1. The van der Waals surface area contributed by atoms with Crippen LogP contribution in [0.4, 0.5) is 11.6 Å². The second kappa shape index (κ2) is 11.1. The predicted molar refractivity (Wildman–Crippen MR) is 140 cm³/mol. The van der Waals surface area contributed by atoms with Crippen molar-refractivity contribution in [1.29, 1.82) is 0 Å². The van der Waals surface area contributed by atoms with Crippen molar-refractivity contribution in [2.45, 2.75) is 18.2 Å². The summed E-state index contributed by atoms with van der Waals surface area (Å²) in [6, 6.07) is 19.2. The van der Waals surface area contributed by atoms with Gasteiger partial charge in [-0.15, -0.1) is 0 Å². The van der Waals surface area contributed by atoms with E-state index in [4.69, 9.17) is 14.2 Å². The van der Waals surface area contributed by atoms with E-state index in [1.165, 1.54) is 12.1 Å². The van der Waals surface area contributed by atoms with Gasteiger partial charge < -0.3 is 19.5 Å². The summed E-state index contributed by atoms with van der Waals surface area (Å²) in [5.41, 5.74) is 2.24. The SMILES string of the molecule is CCOc1ccc(S(=O)(=O)Nc2nc3ccccc3nc2NCCc2ccc(OC)c(OC)c2)cc1. The van der Waals surface area contributed by atoms with Gasteiger partial charge in [-0.1, -0.05) is 18.2 Å². The molecule has 0 bridgehead atoms. The average molecular weight is 509 g/mol. The average Bonchev–Trinajstić information content (AvgIpc) is 2.89. The summed E-state index contributed by atoms with van der Waals surface area (Å²) in [5.74, 6) is 2.35. The smallest absolute Gasteiger partial charge is 0.263 e. The van der Waals surface area contributed by atoms with Crippen LogP contribution in [-0.4, -0.2) is 45.8 Å². The summed E-state index contributed by atoms with van der Waals surface area (Å²) < 4.78 is 44.9. The summed E-state index contributed by atoms with van der Waals surface area (Å²) >= 11 is 0. The fourth-order valence-electron chi connectivity index (χ4n) is 3.62. The minimum atomic E-state index is -3.91. The zero-order valence-electron chi connectivity index (χ0n) is 20.3. The lowest BCUT2D eigenvalue weighted by Gasteiger charge is -2.14. The van der Waals surface area contributed by atoms with Crippen LogP contribution in [0.2, 0.25) is 0 Å². The van der Waals surface area contributed by atoms with Crippen LogP contribution < -0.4 is 24.2 Å². The fourth-order valence-corrected chi connectivity index (χ4v) is 4.63. The molecule has 0 aliphatic heterocycles. The largest absolute Gasteiger partial charge is 0.494 e. The van der Waals surface area contributed by atoms with E-state index in [2.05, 4.69) is 20.0 Å². The number of nitrogens with one attached hydrogen (secondary N) is 2. The van der Waals surface area contributed by atoms with Crippen molar-refractivity contribution in [3.05, 3.63) is 72.3 Å². The van der Waals surface area contributed by atoms with E-state index in [1.807, 2.05) is 43.3 Å². The van der Waals surface area contributed by atoms with Crippen LogP contribution in [0.1, 0.15) is 12.5 Å². The number of benzene rings is 3. The molecule has 0 atom stereocenters. The van der Waals surface area contributed by atoms with Crippen molar-refractivity contribution in [1.82, 2.24) is 9.97 Å². The molecule has 0 amide bonds. The first-order valence-corrected chi connectivity index (χ1v) is 12.9. The van der Waals surface area contributed by atoms with Gasteiger partial charge in [0.05, 0.1) is 36.8 Å². The molecule has 1 aromatic heterocycles. The van der Waals surface area contributed by atoms with Gasteiger partial charge in [-0.3, -0.25) is 4.72 Å². The molecule has 1 heterocycles. The molecular formula is C26H28N4O5S. The lowest BCUT2D eigenvalue weighted by Crippen LogP contribution is -2.17. The van der Waals surface area contributed by atoms with Crippen molar-refractivity contribution < 1.29 is 22.6 Å². The van der Waals surface area contributed by atoms with Gasteiger partial charge in [0.15, 0.2) is 23.1 Å². The van der Waals surface area contributed by atoms with Gasteiger partial charge in [0.2, 0.25) is 0 Å². The molecule has 0 saturated carbocycles. The van der Waals surface area contributed by atoms with Crippen molar-refractivity contribution >= 4 is 32.7 Å². The summed E-state index contributed by atoms with van der Waals surface area (Å²) in [5, 5.41) is 3.23. The molecule has 3 aromatic carbocycles. The zero-order chi connectivity index (χ0) is 25.5. The number of hydrogen-bond acceptors (Lipinski definition) is 8. The molecule has 0 unspecified atom stereocenters. The summed E-state index contributed by atoms with van der Waals surface area (Å²) in [6.45, 7) is 2.85. The van der Waals surface area contributed by atoms with E-state index >= 15 is 0 Å². The van der Waals surface area contributed by atoms with Gasteiger partial charge in [-0.2, -0.15) is 0 Å². The number of sulfonamides is 1. The molecule has 0 fully saturated rings. The summed E-state index contributed by atoms with van der Waals surface area (Å²) in [6.07, 6.45) is 0.639. The molecule has 0 aliphatic carbocycles. The van der Waals surface area contributed by atoms with Crippen LogP contribution >= 0.6 is 0 Å². The van der Waals surface area contributed by atoms with Gasteiger partial charge in [-0.25, -0.2) is 18.4 Å². The van der Waals surface area contributed by atoms with Crippen molar-refractivity contribution in [3.63, 3.8) is 0 Å². The topological polar surface area (TPSA) is 112 Å². The van der Waals surface area contributed by atoms with Crippen LogP contribution in [0.3, 0.4) is 0 Å². The minimum Gasteiger partial charge on any atom is -0.494 e. The number of methoxy groups -OCH3 is 2. The number of hydrogen-bond donors (Lipinski definition) is 2. The molecule has 188 valence electrons. The maximum atomic E-state index is 13.1. The Kier molecular flexibility index (Phi) is 7.74. The highest BCUT2D eigenvalue weighted by Crippen LogP contribution is 2.28. The predicted octanol–water partition coefficient (Wildman–Crippen LogP) is 4.50. The van der Waals surface area contributed by atoms with E-state index in [9.17, 15) is 8.42 Å². The Bertz CT molecular complexity index is 1440. The second-order valence-electron chi connectivity index (χ2n) is 7.79. The Morgan fingerprint density at radius 2 is 1.50 bits per heavy atom. The Hall–Kier alpha value is -4.05. The highest BCUT2D eigenvalue weighted by molar-refractivity contribution is 7.92. The summed E-state index contributed by atoms with van der Waals surface area (Å²) in [4.78, 5) is 9.25. The molecule has 2 N–H and O–H groups in total. The fraction of sp³-hybridized carbons (Fsp3) is 0.231. The van der Waals surface area contributed by atoms with E-state index in [0.717, 1.165) is 5.56 Å². The van der Waals surface area contributed by atoms with Gasteiger partial charge >= 0.3 is 0 Å². The van der Waals surface area contributed by atoms with E-state index in [0.29, 0.717) is 53.7 Å². The van der Waals surface area contributed by atoms with E-state index in [1.54, 1.807) is 32.4 Å². The van der Waals surface area contributed by atoms with Gasteiger partial charge in [-0.05, 0) is 67.4 Å². The van der Waals surface area contributed by atoms with Crippen molar-refractivity contribution in [3.8, 4) is 17.2 Å². The van der Waals surface area contributed by atoms with Gasteiger partial charge in [0.1, 0.15) is 5.75 Å². The molecule has 9 nitrogen and oxygen atoms in total. The Balaban J connectivity index is 1.57. The number of fused-ring (bicyclic) bond motifs is 1. The number of rotatable bonds is 11. The number of para-hydroxylation sites is 2. The zero-order valence-corrected chi connectivity index (χ0v) is 21.1. The highest BCUT2D eigenvalue weighted by atomic mass is 32.2. The molecule has 4 aromatic rings. The number of aromatic nitrogens is 2. The standard InChI is InChI=1S/C26H28N4O5S/c1-4-35-19-10-12-20(13-11-19)36(31,32)30-26-25(28-21-7-5-6-8-22(21)29-26)27-16-15-18-9-14-23(33-2)24(17-18)34-3/h5-14,17H,4,15-16H2,1-3H3,(H,27,28)(H,29,30). The van der Waals surface area contributed by atoms with E-state index < -0.39 is 10.0 Å². The second-order valence-corrected chi connectivity index (χ2v) is 9.47. The first kappa shape index (κ1) is 25.1. The van der Waals surface area contributed by atoms with E-state index in [-0.39, 0.29) is 10.7 Å². The minimum absolute atomic E-state index is 0.0946. The maximum Gasteiger partial charge on any atom is 0.263 e. The third kappa shape index (κ3) is 5.77. The third-order valence-electron chi connectivity index (χ3n) is 5.40. The van der Waals surface area contributed by atoms with Crippen molar-refractivity contribution in [2.75, 3.05) is 37.4 Å². The summed E-state index contributed by atoms with van der Waals surface area (Å²) in [7, 11) is -0.727. The molecule has 36 heavy (non-hydrogen) atoms. The molecular weight excluding hydrogens is 480 g/mol. The molecule has 0 radical (unpaired) electrons. The normalized spacial score (nSPS) is 11.2. The Morgan fingerprint density at radius 3 is 2.14 bits per heavy atom. The molecule has 10 heteroatoms. The Labute approximate surface area is 210 Å². The molecule has 0 saturated heterocycles. The lowest BCUT2D eigenvalue weighted by molar-refractivity contribution is 0.340. The number of ether oxygens (including phenoxy) is 3. The monoisotopic (exact) mass is 508 g/mol. The van der Waals surface area contributed by atoms with Crippen LogP contribution in [0.15, 0.2) is 71.6 Å². The highest BCUT2D eigenvalue weighted by Gasteiger charge is 2.19. The van der Waals surface area contributed by atoms with Crippen LogP contribution in [0, 0.1) is 0 Å². The van der Waals surface area contributed by atoms with Crippen LogP contribution in [0.5, 0.6) is 17.2 Å². The Morgan fingerprint density at radius 1 is 0.833 bits per heavy atom. The molecule has 0 spiro atoms. The molecule has 4 rings (SSSR count). The first-order chi connectivity index (χ1) is 17.4. The quantitative estimate of drug-likeness (QED) is 0.305. The maximum absolute atomic E-state index is 13.1. The van der Waals surface area contributed by atoms with Crippen LogP contribution in [0.25, 0.3) is 11.0 Å². The van der Waals surface area contributed by atoms with Crippen molar-refractivity contribution in [2.24, 2.45) is 0 Å². The molecule has 0 aliphatic rings. The number of nitrogens with zero attached hydrogens (tertiary/aromatic N) is 2.